The highest BCUT2D eigenvalue weighted by molar-refractivity contribution is 7.99. The fourth-order valence-electron chi connectivity index (χ4n) is 0.752. The largest absolute Gasteiger partial charge is 0.393 e. The Hall–Kier alpha value is -0.810. The van der Waals surface area contributed by atoms with Crippen molar-refractivity contribution in [2.75, 3.05) is 5.75 Å². The van der Waals surface area contributed by atoms with Gasteiger partial charge < -0.3 is 10.1 Å². The van der Waals surface area contributed by atoms with Gasteiger partial charge in [-0.2, -0.15) is 0 Å². The van der Waals surface area contributed by atoms with Crippen molar-refractivity contribution < 1.29 is 5.11 Å². The predicted molar refractivity (Wildman–Crippen MR) is 51.9 cm³/mol. The van der Waals surface area contributed by atoms with Crippen LogP contribution in [0.5, 0.6) is 0 Å². The van der Waals surface area contributed by atoms with E-state index in [0.29, 0.717) is 11.6 Å². The van der Waals surface area contributed by atoms with Crippen molar-refractivity contribution in [3.8, 4) is 0 Å². The molecule has 1 atom stereocenters. The molecule has 1 heterocycles. The van der Waals surface area contributed by atoms with E-state index in [2.05, 4.69) is 9.97 Å². The number of hydrogen-bond acceptors (Lipinski definition) is 4. The smallest absolute Gasteiger partial charge is 0.251 e. The van der Waals surface area contributed by atoms with E-state index in [9.17, 15) is 4.79 Å². The van der Waals surface area contributed by atoms with Crippen molar-refractivity contribution in [2.45, 2.75) is 24.6 Å². The summed E-state index contributed by atoms with van der Waals surface area (Å²) < 4.78 is 0. The monoisotopic (exact) mass is 200 g/mol. The zero-order chi connectivity index (χ0) is 9.68. The van der Waals surface area contributed by atoms with E-state index in [0.717, 1.165) is 5.75 Å². The summed E-state index contributed by atoms with van der Waals surface area (Å²) in [5.74, 6) is 0.755. The van der Waals surface area contributed by atoms with E-state index in [4.69, 9.17) is 5.11 Å². The van der Waals surface area contributed by atoms with Crippen LogP contribution in [0.2, 0.25) is 0 Å². The van der Waals surface area contributed by atoms with Gasteiger partial charge in [0.1, 0.15) is 0 Å². The highest BCUT2D eigenvalue weighted by Gasteiger charge is 1.98. The summed E-state index contributed by atoms with van der Waals surface area (Å²) in [6.45, 7) is 1.74. The molecule has 0 fully saturated rings. The topological polar surface area (TPSA) is 66.0 Å². The fraction of sp³-hybridized carbons (Fsp3) is 0.500. The summed E-state index contributed by atoms with van der Waals surface area (Å²) in [4.78, 5) is 17.4. The highest BCUT2D eigenvalue weighted by atomic mass is 32.2. The lowest BCUT2D eigenvalue weighted by atomic mass is 10.3. The SMILES string of the molecule is CC(O)CCSc1nccc(=O)[nH]1. The summed E-state index contributed by atoms with van der Waals surface area (Å²) in [7, 11) is 0. The van der Waals surface area contributed by atoms with E-state index < -0.39 is 0 Å². The van der Waals surface area contributed by atoms with Gasteiger partial charge in [0.2, 0.25) is 0 Å². The minimum Gasteiger partial charge on any atom is -0.393 e. The molecular formula is C8H12N2O2S. The molecule has 4 nitrogen and oxygen atoms in total. The third-order valence-corrected chi connectivity index (χ3v) is 2.34. The van der Waals surface area contributed by atoms with Crippen LogP contribution >= 0.6 is 11.8 Å². The van der Waals surface area contributed by atoms with Gasteiger partial charge >= 0.3 is 0 Å². The summed E-state index contributed by atoms with van der Waals surface area (Å²) >= 11 is 1.44. The number of aliphatic hydroxyl groups is 1. The Morgan fingerprint density at radius 3 is 3.15 bits per heavy atom. The average molecular weight is 200 g/mol. The van der Waals surface area contributed by atoms with Crippen LogP contribution in [0, 0.1) is 0 Å². The first-order chi connectivity index (χ1) is 6.18. The molecule has 0 bridgehead atoms. The number of H-pyrrole nitrogens is 1. The van der Waals surface area contributed by atoms with Gasteiger partial charge in [-0.15, -0.1) is 0 Å². The molecule has 0 aliphatic rings. The lowest BCUT2D eigenvalue weighted by Gasteiger charge is -2.02. The second kappa shape index (κ2) is 5.04. The number of nitrogens with zero attached hydrogens (tertiary/aromatic N) is 1. The molecule has 0 saturated heterocycles. The van der Waals surface area contributed by atoms with Crippen LogP contribution in [0.1, 0.15) is 13.3 Å². The van der Waals surface area contributed by atoms with Crippen molar-refractivity contribution in [1.29, 1.82) is 0 Å². The van der Waals surface area contributed by atoms with Gasteiger partial charge in [0.05, 0.1) is 6.10 Å². The summed E-state index contributed by atoms with van der Waals surface area (Å²) in [5, 5.41) is 9.58. The second-order valence-electron chi connectivity index (χ2n) is 2.73. The van der Waals surface area contributed by atoms with E-state index in [1.807, 2.05) is 0 Å². The Labute approximate surface area is 80.4 Å². The maximum Gasteiger partial charge on any atom is 0.251 e. The molecule has 13 heavy (non-hydrogen) atoms. The lowest BCUT2D eigenvalue weighted by molar-refractivity contribution is 0.192. The van der Waals surface area contributed by atoms with Gasteiger partial charge in [0.15, 0.2) is 5.16 Å². The number of aromatic amines is 1. The van der Waals surface area contributed by atoms with Crippen molar-refractivity contribution in [3.05, 3.63) is 22.6 Å². The number of aromatic nitrogens is 2. The molecule has 5 heteroatoms. The number of rotatable bonds is 4. The van der Waals surface area contributed by atoms with E-state index in [1.54, 1.807) is 6.92 Å². The van der Waals surface area contributed by atoms with Crippen molar-refractivity contribution in [1.82, 2.24) is 9.97 Å². The first-order valence-electron chi connectivity index (χ1n) is 4.04. The van der Waals surface area contributed by atoms with Crippen molar-refractivity contribution in [2.24, 2.45) is 0 Å². The van der Waals surface area contributed by atoms with Crippen LogP contribution < -0.4 is 5.56 Å². The molecule has 0 radical (unpaired) electrons. The normalized spacial score (nSPS) is 12.8. The van der Waals surface area contributed by atoms with E-state index >= 15 is 0 Å². The molecular weight excluding hydrogens is 188 g/mol. The summed E-state index contributed by atoms with van der Waals surface area (Å²) in [6, 6.07) is 1.37. The van der Waals surface area contributed by atoms with E-state index in [1.165, 1.54) is 24.0 Å². The van der Waals surface area contributed by atoms with Crippen LogP contribution in [0.15, 0.2) is 22.2 Å². The zero-order valence-corrected chi connectivity index (χ0v) is 8.17. The Balaban J connectivity index is 2.41. The molecule has 72 valence electrons. The van der Waals surface area contributed by atoms with Crippen molar-refractivity contribution in [3.63, 3.8) is 0 Å². The van der Waals surface area contributed by atoms with E-state index in [-0.39, 0.29) is 11.7 Å². The molecule has 0 aliphatic carbocycles. The van der Waals surface area contributed by atoms with Crippen LogP contribution in [0.25, 0.3) is 0 Å². The number of thioether (sulfide) groups is 1. The van der Waals surface area contributed by atoms with Crippen LogP contribution in [0.3, 0.4) is 0 Å². The summed E-state index contributed by atoms with van der Waals surface area (Å²) in [5.41, 5.74) is -0.144. The fourth-order valence-corrected chi connectivity index (χ4v) is 1.71. The predicted octanol–water partition coefficient (Wildman–Crippen LogP) is 0.633. The second-order valence-corrected chi connectivity index (χ2v) is 3.81. The maximum absolute atomic E-state index is 10.8. The summed E-state index contributed by atoms with van der Waals surface area (Å²) in [6.07, 6.45) is 1.87. The third kappa shape index (κ3) is 4.10. The number of hydrogen-bond donors (Lipinski definition) is 2. The zero-order valence-electron chi connectivity index (χ0n) is 7.36. The Kier molecular flexibility index (Phi) is 3.98. The Morgan fingerprint density at radius 2 is 2.54 bits per heavy atom. The van der Waals surface area contributed by atoms with Gasteiger partial charge in [-0.25, -0.2) is 4.98 Å². The molecule has 0 amide bonds. The molecule has 0 aromatic carbocycles. The number of nitrogens with one attached hydrogen (secondary N) is 1. The standard InChI is InChI=1S/C8H12N2O2S/c1-6(11)3-5-13-8-9-4-2-7(12)10-8/h2,4,6,11H,3,5H2,1H3,(H,9,10,12). The quantitative estimate of drug-likeness (QED) is 0.552. The first kappa shape index (κ1) is 10.3. The van der Waals surface area contributed by atoms with Gasteiger partial charge in [0.25, 0.3) is 5.56 Å². The molecule has 2 N–H and O–H groups in total. The molecule has 0 saturated carbocycles. The van der Waals surface area contributed by atoms with Crippen molar-refractivity contribution >= 4 is 11.8 Å². The molecule has 1 aromatic heterocycles. The van der Waals surface area contributed by atoms with Crippen LogP contribution in [-0.2, 0) is 0 Å². The average Bonchev–Trinajstić information content (AvgIpc) is 2.03. The molecule has 0 aliphatic heterocycles. The Morgan fingerprint density at radius 1 is 1.77 bits per heavy atom. The highest BCUT2D eigenvalue weighted by Crippen LogP contribution is 2.11. The molecule has 1 unspecified atom stereocenters. The van der Waals surface area contributed by atoms with Gasteiger partial charge in [-0.05, 0) is 13.3 Å². The molecule has 1 aromatic rings. The van der Waals surface area contributed by atoms with Gasteiger partial charge in [0, 0.05) is 18.0 Å². The molecule has 1 rings (SSSR count). The molecule has 0 spiro atoms. The van der Waals surface area contributed by atoms with Gasteiger partial charge in [-0.3, -0.25) is 4.79 Å². The minimum absolute atomic E-state index is 0.144. The first-order valence-corrected chi connectivity index (χ1v) is 5.03. The Bertz CT molecular complexity index is 311. The number of aliphatic hydroxyl groups excluding tert-OH is 1. The van der Waals surface area contributed by atoms with Crippen LogP contribution in [0.4, 0.5) is 0 Å². The minimum atomic E-state index is -0.303. The third-order valence-electron chi connectivity index (χ3n) is 1.42. The lowest BCUT2D eigenvalue weighted by Crippen LogP contribution is -2.06. The van der Waals surface area contributed by atoms with Crippen LogP contribution in [-0.4, -0.2) is 26.9 Å². The maximum atomic E-state index is 10.8. The van der Waals surface area contributed by atoms with Gasteiger partial charge in [-0.1, -0.05) is 11.8 Å².